The fraction of sp³-hybridized carbons (Fsp3) is 0.286. The molecule has 2 N–H and O–H groups in total. The van der Waals surface area contributed by atoms with E-state index in [0.717, 1.165) is 11.3 Å². The molecule has 1 heterocycles. The first-order chi connectivity index (χ1) is 9.08. The zero-order valence-corrected chi connectivity index (χ0v) is 11.8. The summed E-state index contributed by atoms with van der Waals surface area (Å²) in [6.45, 7) is 1.87. The fourth-order valence-corrected chi connectivity index (χ4v) is 2.26. The van der Waals surface area contributed by atoms with E-state index in [2.05, 4.69) is 0 Å². The Hall–Kier alpha value is -1.65. The summed E-state index contributed by atoms with van der Waals surface area (Å²) in [5, 5.41) is 0.404. The lowest BCUT2D eigenvalue weighted by atomic mass is 10.0. The summed E-state index contributed by atoms with van der Waals surface area (Å²) in [5.74, 6) is 2.52. The maximum Gasteiger partial charge on any atom is 0.146 e. The normalized spacial score (nSPS) is 12.3. The van der Waals surface area contributed by atoms with Gasteiger partial charge in [0.25, 0.3) is 0 Å². The number of rotatable bonds is 4. The van der Waals surface area contributed by atoms with Crippen molar-refractivity contribution in [2.75, 3.05) is 14.2 Å². The molecule has 1 aromatic heterocycles. The second kappa shape index (κ2) is 5.55. The number of halogens is 1. The van der Waals surface area contributed by atoms with Gasteiger partial charge in [-0.25, -0.2) is 0 Å². The fourth-order valence-electron chi connectivity index (χ4n) is 1.94. The van der Waals surface area contributed by atoms with Crippen molar-refractivity contribution in [3.63, 3.8) is 0 Å². The third kappa shape index (κ3) is 2.55. The van der Waals surface area contributed by atoms with Crippen molar-refractivity contribution < 1.29 is 13.9 Å². The van der Waals surface area contributed by atoms with Crippen LogP contribution in [-0.4, -0.2) is 14.2 Å². The molecule has 0 amide bonds. The molecule has 2 aromatic rings. The van der Waals surface area contributed by atoms with Gasteiger partial charge in [0, 0.05) is 5.56 Å². The van der Waals surface area contributed by atoms with Crippen molar-refractivity contribution in [1.29, 1.82) is 0 Å². The molecule has 2 rings (SSSR count). The van der Waals surface area contributed by atoms with Crippen LogP contribution in [-0.2, 0) is 0 Å². The third-order valence-electron chi connectivity index (χ3n) is 2.92. The lowest BCUT2D eigenvalue weighted by Crippen LogP contribution is -2.12. The predicted molar refractivity (Wildman–Crippen MR) is 74.0 cm³/mol. The predicted octanol–water partition coefficient (Wildman–Crippen LogP) is 3.31. The van der Waals surface area contributed by atoms with Gasteiger partial charge in [-0.15, -0.1) is 0 Å². The smallest absolute Gasteiger partial charge is 0.146 e. The van der Waals surface area contributed by atoms with Crippen molar-refractivity contribution in [3.05, 3.63) is 46.4 Å². The highest BCUT2D eigenvalue weighted by Gasteiger charge is 2.21. The van der Waals surface area contributed by atoms with E-state index in [1.54, 1.807) is 20.3 Å². The van der Waals surface area contributed by atoms with Crippen LogP contribution in [0, 0.1) is 6.92 Å². The van der Waals surface area contributed by atoms with E-state index in [0.29, 0.717) is 22.3 Å². The Labute approximate surface area is 117 Å². The number of aryl methyl sites for hydroxylation is 1. The first-order valence-electron chi connectivity index (χ1n) is 5.80. The highest BCUT2D eigenvalue weighted by Crippen LogP contribution is 2.40. The Morgan fingerprint density at radius 3 is 2.42 bits per heavy atom. The zero-order chi connectivity index (χ0) is 14.0. The molecular formula is C14H16ClNO3. The molecule has 5 heteroatoms. The van der Waals surface area contributed by atoms with Crippen molar-refractivity contribution >= 4 is 11.6 Å². The third-order valence-corrected chi connectivity index (χ3v) is 3.28. The first-order valence-corrected chi connectivity index (χ1v) is 6.18. The molecular weight excluding hydrogens is 266 g/mol. The average molecular weight is 282 g/mol. The molecule has 1 unspecified atom stereocenters. The van der Waals surface area contributed by atoms with E-state index >= 15 is 0 Å². The van der Waals surface area contributed by atoms with Gasteiger partial charge >= 0.3 is 0 Å². The molecule has 0 radical (unpaired) electrons. The van der Waals surface area contributed by atoms with Crippen LogP contribution >= 0.6 is 11.6 Å². The van der Waals surface area contributed by atoms with Crippen LogP contribution in [0.5, 0.6) is 11.5 Å². The number of ether oxygens (including phenoxy) is 2. The van der Waals surface area contributed by atoms with Crippen LogP contribution in [0.3, 0.4) is 0 Å². The molecule has 1 atom stereocenters. The SMILES string of the molecule is COc1ccc(C(N)c2ccc(C)o2)c(OC)c1Cl. The number of benzene rings is 1. The lowest BCUT2D eigenvalue weighted by molar-refractivity contribution is 0.386. The topological polar surface area (TPSA) is 57.6 Å². The van der Waals surface area contributed by atoms with Gasteiger partial charge in [-0.05, 0) is 31.2 Å². The van der Waals surface area contributed by atoms with Crippen LogP contribution in [0.2, 0.25) is 5.02 Å². The van der Waals surface area contributed by atoms with Gasteiger partial charge in [0.2, 0.25) is 0 Å². The average Bonchev–Trinajstić information content (AvgIpc) is 2.84. The van der Waals surface area contributed by atoms with Crippen molar-refractivity contribution in [2.24, 2.45) is 5.73 Å². The summed E-state index contributed by atoms with van der Waals surface area (Å²) in [4.78, 5) is 0. The lowest BCUT2D eigenvalue weighted by Gasteiger charge is -2.16. The summed E-state index contributed by atoms with van der Waals surface area (Å²) in [7, 11) is 3.10. The monoisotopic (exact) mass is 281 g/mol. The number of furan rings is 1. The van der Waals surface area contributed by atoms with E-state index in [4.69, 9.17) is 31.2 Å². The maximum atomic E-state index is 6.21. The Morgan fingerprint density at radius 2 is 1.89 bits per heavy atom. The number of hydrogen-bond acceptors (Lipinski definition) is 4. The molecule has 102 valence electrons. The van der Waals surface area contributed by atoms with Crippen molar-refractivity contribution in [1.82, 2.24) is 0 Å². The number of methoxy groups -OCH3 is 2. The standard InChI is InChI=1S/C14H16ClNO3/c1-8-4-6-11(19-8)13(16)9-5-7-10(17-2)12(15)14(9)18-3/h4-7,13H,16H2,1-3H3. The van der Waals surface area contributed by atoms with Crippen molar-refractivity contribution in [3.8, 4) is 11.5 Å². The Balaban J connectivity index is 2.47. The van der Waals surface area contributed by atoms with Gasteiger partial charge in [0.1, 0.15) is 28.0 Å². The van der Waals surface area contributed by atoms with Gasteiger partial charge in [-0.2, -0.15) is 0 Å². The van der Waals surface area contributed by atoms with E-state index in [9.17, 15) is 0 Å². The van der Waals surface area contributed by atoms with Gasteiger partial charge < -0.3 is 19.6 Å². The Kier molecular flexibility index (Phi) is 4.02. The molecule has 0 bridgehead atoms. The largest absolute Gasteiger partial charge is 0.495 e. The summed E-state index contributed by atoms with van der Waals surface area (Å²) in [6.07, 6.45) is 0. The molecule has 0 aliphatic carbocycles. The zero-order valence-electron chi connectivity index (χ0n) is 11.1. The second-order valence-corrected chi connectivity index (χ2v) is 4.51. The van der Waals surface area contributed by atoms with E-state index < -0.39 is 6.04 Å². The minimum atomic E-state index is -0.438. The molecule has 0 spiro atoms. The van der Waals surface area contributed by atoms with Crippen LogP contribution in [0.25, 0.3) is 0 Å². The molecule has 0 fully saturated rings. The summed E-state index contributed by atoms with van der Waals surface area (Å²) in [6, 6.07) is 6.86. The molecule has 0 aliphatic heterocycles. The summed E-state index contributed by atoms with van der Waals surface area (Å²) in [5.41, 5.74) is 6.95. The molecule has 0 saturated carbocycles. The highest BCUT2D eigenvalue weighted by atomic mass is 35.5. The Morgan fingerprint density at radius 1 is 1.16 bits per heavy atom. The van der Waals surface area contributed by atoms with Gasteiger partial charge in [0.05, 0.1) is 20.3 Å². The molecule has 0 saturated heterocycles. The molecule has 1 aromatic carbocycles. The minimum absolute atomic E-state index is 0.404. The quantitative estimate of drug-likeness (QED) is 0.934. The van der Waals surface area contributed by atoms with E-state index in [-0.39, 0.29) is 0 Å². The van der Waals surface area contributed by atoms with E-state index in [1.165, 1.54) is 0 Å². The first kappa shape index (κ1) is 13.8. The van der Waals surface area contributed by atoms with Gasteiger partial charge in [-0.1, -0.05) is 11.6 Å². The van der Waals surface area contributed by atoms with Gasteiger partial charge in [0.15, 0.2) is 0 Å². The Bertz CT molecular complexity index is 580. The highest BCUT2D eigenvalue weighted by molar-refractivity contribution is 6.33. The number of hydrogen-bond donors (Lipinski definition) is 1. The summed E-state index contributed by atoms with van der Waals surface area (Å²) < 4.78 is 16.0. The molecule has 19 heavy (non-hydrogen) atoms. The van der Waals surface area contributed by atoms with Crippen LogP contribution < -0.4 is 15.2 Å². The number of nitrogens with two attached hydrogens (primary N) is 1. The van der Waals surface area contributed by atoms with Crippen LogP contribution in [0.1, 0.15) is 23.1 Å². The van der Waals surface area contributed by atoms with Crippen LogP contribution in [0.4, 0.5) is 0 Å². The summed E-state index contributed by atoms with van der Waals surface area (Å²) >= 11 is 6.21. The van der Waals surface area contributed by atoms with E-state index in [1.807, 2.05) is 25.1 Å². The van der Waals surface area contributed by atoms with Crippen molar-refractivity contribution in [2.45, 2.75) is 13.0 Å². The minimum Gasteiger partial charge on any atom is -0.495 e. The van der Waals surface area contributed by atoms with Gasteiger partial charge in [-0.3, -0.25) is 0 Å². The second-order valence-electron chi connectivity index (χ2n) is 4.13. The molecule has 0 aliphatic rings. The maximum absolute atomic E-state index is 6.21. The molecule has 4 nitrogen and oxygen atoms in total. The van der Waals surface area contributed by atoms with Crippen LogP contribution in [0.15, 0.2) is 28.7 Å².